The smallest absolute Gasteiger partial charge is 0.229 e. The number of anilines is 2. The van der Waals surface area contributed by atoms with Gasteiger partial charge >= 0.3 is 0 Å². The molecule has 2 atom stereocenters. The van der Waals surface area contributed by atoms with E-state index in [1.54, 1.807) is 18.6 Å². The number of aromatic nitrogens is 4. The Balaban J connectivity index is 1.42. The summed E-state index contributed by atoms with van der Waals surface area (Å²) in [7, 11) is 0. The van der Waals surface area contributed by atoms with E-state index in [-0.39, 0.29) is 17.7 Å². The first kappa shape index (κ1) is 17.7. The van der Waals surface area contributed by atoms with E-state index in [0.29, 0.717) is 11.6 Å². The summed E-state index contributed by atoms with van der Waals surface area (Å²) in [5.74, 6) is 1.13. The van der Waals surface area contributed by atoms with E-state index in [9.17, 15) is 4.79 Å². The summed E-state index contributed by atoms with van der Waals surface area (Å²) in [5.41, 5.74) is 10.0. The first-order valence-electron chi connectivity index (χ1n) is 9.27. The van der Waals surface area contributed by atoms with Crippen molar-refractivity contribution >= 4 is 39.8 Å². The Morgan fingerprint density at radius 2 is 2.17 bits per heavy atom. The minimum atomic E-state index is -0.0278. The molecule has 0 aliphatic heterocycles. The predicted molar refractivity (Wildman–Crippen MR) is 114 cm³/mol. The molecule has 8 heteroatoms. The number of pyridine rings is 3. The maximum Gasteiger partial charge on any atom is 0.229 e. The van der Waals surface area contributed by atoms with E-state index in [0.717, 1.165) is 39.6 Å². The highest BCUT2D eigenvalue weighted by Crippen LogP contribution is 2.48. The average Bonchev–Trinajstić information content (AvgIpc) is 3.33. The van der Waals surface area contributed by atoms with Crippen molar-refractivity contribution in [2.45, 2.75) is 19.3 Å². The molecule has 0 spiro atoms. The summed E-state index contributed by atoms with van der Waals surface area (Å²) in [4.78, 5) is 25.6. The largest absolute Gasteiger partial charge is 0.383 e. The highest BCUT2D eigenvalue weighted by atomic mass is 32.1. The minimum Gasteiger partial charge on any atom is -0.383 e. The molecule has 4 aromatic rings. The Kier molecular flexibility index (Phi) is 4.21. The van der Waals surface area contributed by atoms with Crippen LogP contribution in [0.5, 0.6) is 0 Å². The molecule has 1 fully saturated rings. The molecule has 144 valence electrons. The zero-order valence-corrected chi connectivity index (χ0v) is 16.5. The van der Waals surface area contributed by atoms with E-state index in [2.05, 4.69) is 24.6 Å². The Bertz CT molecular complexity index is 1220. The van der Waals surface area contributed by atoms with Crippen LogP contribution in [0.2, 0.25) is 0 Å². The van der Waals surface area contributed by atoms with E-state index < -0.39 is 0 Å². The van der Waals surface area contributed by atoms with Gasteiger partial charge in [0.2, 0.25) is 5.91 Å². The highest BCUT2D eigenvalue weighted by Gasteiger charge is 2.44. The molecule has 4 aromatic heterocycles. The van der Waals surface area contributed by atoms with Crippen LogP contribution in [0.15, 0.2) is 48.4 Å². The van der Waals surface area contributed by atoms with Gasteiger partial charge in [0, 0.05) is 47.0 Å². The topological polar surface area (TPSA) is 107 Å². The number of nitrogens with two attached hydrogens (primary N) is 1. The molecule has 4 heterocycles. The lowest BCUT2D eigenvalue weighted by Gasteiger charge is -2.10. The molecular weight excluding hydrogens is 384 g/mol. The van der Waals surface area contributed by atoms with Crippen LogP contribution in [0.4, 0.5) is 11.6 Å². The summed E-state index contributed by atoms with van der Waals surface area (Å²) in [6, 6.07) is 5.72. The molecule has 0 saturated heterocycles. The number of amides is 1. The van der Waals surface area contributed by atoms with Crippen LogP contribution in [-0.2, 0) is 4.79 Å². The molecule has 1 amide bonds. The fourth-order valence-electron chi connectivity index (χ4n) is 3.58. The van der Waals surface area contributed by atoms with Crippen molar-refractivity contribution in [1.82, 2.24) is 19.3 Å². The number of carbonyl (C=O) groups excluding carboxylic acids is 1. The lowest BCUT2D eigenvalue weighted by molar-refractivity contribution is -0.117. The molecule has 7 nitrogen and oxygen atoms in total. The zero-order valence-electron chi connectivity index (χ0n) is 15.7. The molecule has 3 N–H and O–H groups in total. The number of aryl methyl sites for hydroxylation is 1. The second kappa shape index (κ2) is 6.89. The first-order valence-corrected chi connectivity index (χ1v) is 10.1. The molecule has 5 rings (SSSR count). The normalized spacial score (nSPS) is 18.0. The molecule has 1 aliphatic rings. The van der Waals surface area contributed by atoms with Crippen molar-refractivity contribution in [2.24, 2.45) is 5.92 Å². The number of nitrogen functional groups attached to an aromatic ring is 1. The van der Waals surface area contributed by atoms with Crippen LogP contribution in [0.3, 0.4) is 0 Å². The molecular formula is C21H18N6OS. The van der Waals surface area contributed by atoms with Crippen LogP contribution in [0, 0.1) is 12.8 Å². The van der Waals surface area contributed by atoms with Gasteiger partial charge in [0.05, 0.1) is 5.69 Å². The third-order valence-electron chi connectivity index (χ3n) is 5.32. The number of rotatable bonds is 4. The molecule has 0 aromatic carbocycles. The Morgan fingerprint density at radius 1 is 1.28 bits per heavy atom. The van der Waals surface area contributed by atoms with Gasteiger partial charge in [-0.15, -0.1) is 0 Å². The Hall–Kier alpha value is -3.39. The summed E-state index contributed by atoms with van der Waals surface area (Å²) in [5, 5.41) is 6.56. The number of hydrogen-bond donors (Lipinski definition) is 2. The van der Waals surface area contributed by atoms with Gasteiger partial charge in [0.15, 0.2) is 0 Å². The van der Waals surface area contributed by atoms with E-state index >= 15 is 0 Å². The Morgan fingerprint density at radius 3 is 2.97 bits per heavy atom. The van der Waals surface area contributed by atoms with Crippen molar-refractivity contribution in [3.63, 3.8) is 0 Å². The maximum atomic E-state index is 12.6. The zero-order chi connectivity index (χ0) is 20.0. The number of fused-ring (bicyclic) bond motifs is 1. The van der Waals surface area contributed by atoms with E-state index in [4.69, 9.17) is 5.73 Å². The fraction of sp³-hybridized carbons (Fsp3) is 0.190. The molecule has 0 bridgehead atoms. The van der Waals surface area contributed by atoms with Gasteiger partial charge in [0.1, 0.15) is 11.6 Å². The van der Waals surface area contributed by atoms with Crippen LogP contribution in [0.1, 0.15) is 23.5 Å². The van der Waals surface area contributed by atoms with Gasteiger partial charge in [-0.25, -0.2) is 14.3 Å². The van der Waals surface area contributed by atoms with Crippen molar-refractivity contribution in [3.05, 3.63) is 59.5 Å². The molecule has 29 heavy (non-hydrogen) atoms. The van der Waals surface area contributed by atoms with Gasteiger partial charge in [-0.2, -0.15) is 0 Å². The predicted octanol–water partition coefficient (Wildman–Crippen LogP) is 3.78. The Labute approximate surface area is 171 Å². The third-order valence-corrected chi connectivity index (χ3v) is 5.92. The number of nitrogens with zero attached hydrogens (tertiary/aromatic N) is 4. The number of nitrogens with one attached hydrogen (secondary N) is 1. The first-order chi connectivity index (χ1) is 14.1. The molecule has 1 saturated carbocycles. The third kappa shape index (κ3) is 3.31. The van der Waals surface area contributed by atoms with Crippen LogP contribution >= 0.6 is 11.5 Å². The molecule has 0 radical (unpaired) electrons. The number of hydrogen-bond acceptors (Lipinski definition) is 7. The molecule has 1 unspecified atom stereocenters. The summed E-state index contributed by atoms with van der Waals surface area (Å²) in [6.45, 7) is 2.01. The standard InChI is InChI=1S/C21H18N6OS/c1-11-2-3-23-8-16(11)18-4-12-5-19(24-9-17(12)20(22)26-18)27-21(28)15-6-14(15)13-7-25-29-10-13/h2-5,7-10,14-15H,6H2,1H3,(H2,22,26)(H,24,27,28)/t14-,15?/m1/s1. The SMILES string of the molecule is Cc1ccncc1-c1cc2cc(NC(=O)C3C[C@@H]3c3cnsc3)ncc2c(N)n1. The summed E-state index contributed by atoms with van der Waals surface area (Å²) in [6.07, 6.45) is 7.87. The van der Waals surface area contributed by atoms with Crippen molar-refractivity contribution in [1.29, 1.82) is 0 Å². The van der Waals surface area contributed by atoms with E-state index in [1.165, 1.54) is 11.5 Å². The summed E-state index contributed by atoms with van der Waals surface area (Å²) < 4.78 is 4.12. The van der Waals surface area contributed by atoms with Gasteiger partial charge in [-0.3, -0.25) is 9.78 Å². The van der Waals surface area contributed by atoms with Crippen molar-refractivity contribution in [2.75, 3.05) is 11.1 Å². The van der Waals surface area contributed by atoms with Crippen LogP contribution in [0.25, 0.3) is 22.0 Å². The quantitative estimate of drug-likeness (QED) is 0.538. The van der Waals surface area contributed by atoms with Gasteiger partial charge in [0.25, 0.3) is 0 Å². The lowest BCUT2D eigenvalue weighted by Crippen LogP contribution is -2.15. The van der Waals surface area contributed by atoms with Gasteiger partial charge in [-0.1, -0.05) is 0 Å². The average molecular weight is 402 g/mol. The van der Waals surface area contributed by atoms with Gasteiger partial charge in [-0.05, 0) is 65.5 Å². The lowest BCUT2D eigenvalue weighted by atomic mass is 10.1. The van der Waals surface area contributed by atoms with Crippen LogP contribution in [-0.4, -0.2) is 25.2 Å². The number of carbonyl (C=O) groups is 1. The maximum absolute atomic E-state index is 12.6. The second-order valence-electron chi connectivity index (χ2n) is 7.27. The second-order valence-corrected chi connectivity index (χ2v) is 7.93. The van der Waals surface area contributed by atoms with E-state index in [1.807, 2.05) is 36.7 Å². The fourth-order valence-corrected chi connectivity index (χ4v) is 4.18. The monoisotopic (exact) mass is 402 g/mol. The minimum absolute atomic E-state index is 0.0154. The van der Waals surface area contributed by atoms with Crippen molar-refractivity contribution < 1.29 is 4.79 Å². The highest BCUT2D eigenvalue weighted by molar-refractivity contribution is 7.03. The van der Waals surface area contributed by atoms with Gasteiger partial charge < -0.3 is 11.1 Å². The molecule has 1 aliphatic carbocycles. The summed E-state index contributed by atoms with van der Waals surface area (Å²) >= 11 is 1.41. The van der Waals surface area contributed by atoms with Crippen molar-refractivity contribution in [3.8, 4) is 11.3 Å². The van der Waals surface area contributed by atoms with Crippen LogP contribution < -0.4 is 11.1 Å².